The molecule has 2 atom stereocenters. The molecular formula is C11H20N2O2. The van der Waals surface area contributed by atoms with Gasteiger partial charge in [0.2, 0.25) is 5.54 Å². The Morgan fingerprint density at radius 3 is 2.40 bits per heavy atom. The molecule has 1 saturated carbocycles. The summed E-state index contributed by atoms with van der Waals surface area (Å²) in [5.74, 6) is 0.281. The number of nitro groups is 1. The molecular weight excluding hydrogens is 192 g/mol. The molecule has 0 radical (unpaired) electrons. The molecule has 2 fully saturated rings. The SMILES string of the molecule is C[C@@](C1CCCC1)([C@@H]1CCCN1)[N+](=O)[O-]. The molecule has 0 aromatic carbocycles. The van der Waals surface area contributed by atoms with Gasteiger partial charge in [0.25, 0.3) is 0 Å². The van der Waals surface area contributed by atoms with Gasteiger partial charge in [0.05, 0.1) is 6.04 Å². The average molecular weight is 212 g/mol. The number of nitrogens with one attached hydrogen (secondary N) is 1. The van der Waals surface area contributed by atoms with Crippen LogP contribution in [0.4, 0.5) is 0 Å². The molecule has 1 heterocycles. The largest absolute Gasteiger partial charge is 0.308 e. The quantitative estimate of drug-likeness (QED) is 0.574. The lowest BCUT2D eigenvalue weighted by Gasteiger charge is -2.32. The van der Waals surface area contributed by atoms with Crippen LogP contribution in [0.2, 0.25) is 0 Å². The first-order valence-corrected chi connectivity index (χ1v) is 6.03. The molecule has 1 aliphatic carbocycles. The van der Waals surface area contributed by atoms with E-state index in [2.05, 4.69) is 5.32 Å². The van der Waals surface area contributed by atoms with Crippen LogP contribution in [0.25, 0.3) is 0 Å². The Hall–Kier alpha value is -0.640. The lowest BCUT2D eigenvalue weighted by atomic mass is 9.78. The predicted molar refractivity (Wildman–Crippen MR) is 58.4 cm³/mol. The summed E-state index contributed by atoms with van der Waals surface area (Å²) < 4.78 is 0. The van der Waals surface area contributed by atoms with E-state index in [1.54, 1.807) is 0 Å². The van der Waals surface area contributed by atoms with Gasteiger partial charge in [-0.1, -0.05) is 12.8 Å². The minimum absolute atomic E-state index is 0.0219. The van der Waals surface area contributed by atoms with Crippen LogP contribution in [0.15, 0.2) is 0 Å². The van der Waals surface area contributed by atoms with Crippen LogP contribution >= 0.6 is 0 Å². The van der Waals surface area contributed by atoms with Gasteiger partial charge in [0.1, 0.15) is 0 Å². The number of hydrogen-bond donors (Lipinski definition) is 1. The maximum absolute atomic E-state index is 11.4. The number of rotatable bonds is 3. The summed E-state index contributed by atoms with van der Waals surface area (Å²) in [7, 11) is 0. The summed E-state index contributed by atoms with van der Waals surface area (Å²) in [5, 5.41) is 14.7. The van der Waals surface area contributed by atoms with Gasteiger partial charge in [-0.3, -0.25) is 10.1 Å². The smallest absolute Gasteiger partial charge is 0.237 e. The van der Waals surface area contributed by atoms with Crippen molar-refractivity contribution in [1.82, 2.24) is 5.32 Å². The van der Waals surface area contributed by atoms with E-state index in [1.165, 1.54) is 12.8 Å². The van der Waals surface area contributed by atoms with Crippen molar-refractivity contribution in [3.05, 3.63) is 10.1 Å². The molecule has 0 amide bonds. The van der Waals surface area contributed by atoms with E-state index in [0.717, 1.165) is 32.2 Å². The third-order valence-corrected chi connectivity index (χ3v) is 4.34. The zero-order chi connectivity index (χ0) is 10.9. The van der Waals surface area contributed by atoms with E-state index in [1.807, 2.05) is 6.92 Å². The van der Waals surface area contributed by atoms with Gasteiger partial charge < -0.3 is 5.32 Å². The van der Waals surface area contributed by atoms with Crippen LogP contribution in [0.5, 0.6) is 0 Å². The highest BCUT2D eigenvalue weighted by Crippen LogP contribution is 2.39. The molecule has 2 aliphatic rings. The Kier molecular flexibility index (Phi) is 2.96. The van der Waals surface area contributed by atoms with Crippen molar-refractivity contribution in [2.75, 3.05) is 6.54 Å². The molecule has 1 saturated heterocycles. The van der Waals surface area contributed by atoms with E-state index < -0.39 is 5.54 Å². The van der Waals surface area contributed by atoms with Crippen LogP contribution in [-0.4, -0.2) is 23.0 Å². The Balaban J connectivity index is 2.17. The summed E-state index contributed by atoms with van der Waals surface area (Å²) in [6, 6.07) is 0.0931. The minimum Gasteiger partial charge on any atom is -0.308 e. The summed E-state index contributed by atoms with van der Waals surface area (Å²) >= 11 is 0. The van der Waals surface area contributed by atoms with Gasteiger partial charge >= 0.3 is 0 Å². The topological polar surface area (TPSA) is 55.2 Å². The van der Waals surface area contributed by atoms with Gasteiger partial charge in [-0.15, -0.1) is 0 Å². The second-order valence-corrected chi connectivity index (χ2v) is 5.11. The number of nitrogens with zero attached hydrogens (tertiary/aromatic N) is 1. The van der Waals surface area contributed by atoms with Crippen LogP contribution in [0.1, 0.15) is 45.4 Å². The standard InChI is InChI=1S/C11H20N2O2/c1-11(13(14)15,9-5-2-3-6-9)10-7-4-8-12-10/h9-10,12H,2-8H2,1H3/t10-,11+/m0/s1. The maximum Gasteiger partial charge on any atom is 0.237 e. The monoisotopic (exact) mass is 212 g/mol. The Labute approximate surface area is 90.6 Å². The van der Waals surface area contributed by atoms with Crippen LogP contribution < -0.4 is 5.32 Å². The van der Waals surface area contributed by atoms with E-state index in [9.17, 15) is 10.1 Å². The molecule has 1 N–H and O–H groups in total. The first-order valence-electron chi connectivity index (χ1n) is 6.03. The molecule has 0 bridgehead atoms. The summed E-state index contributed by atoms with van der Waals surface area (Å²) in [6.07, 6.45) is 6.46. The van der Waals surface area contributed by atoms with E-state index in [-0.39, 0.29) is 16.9 Å². The van der Waals surface area contributed by atoms with Gasteiger partial charge in [-0.2, -0.15) is 0 Å². The molecule has 0 unspecified atom stereocenters. The molecule has 4 nitrogen and oxygen atoms in total. The second kappa shape index (κ2) is 4.08. The molecule has 0 spiro atoms. The molecule has 2 rings (SSSR count). The van der Waals surface area contributed by atoms with Crippen molar-refractivity contribution in [1.29, 1.82) is 0 Å². The van der Waals surface area contributed by atoms with Gasteiger partial charge in [0, 0.05) is 17.8 Å². The third kappa shape index (κ3) is 1.75. The molecule has 0 aromatic heterocycles. The summed E-state index contributed by atoms with van der Waals surface area (Å²) in [4.78, 5) is 11.3. The molecule has 1 aliphatic heterocycles. The van der Waals surface area contributed by atoms with Crippen molar-refractivity contribution in [3.63, 3.8) is 0 Å². The molecule has 0 aromatic rings. The van der Waals surface area contributed by atoms with Crippen molar-refractivity contribution in [3.8, 4) is 0 Å². The highest BCUT2D eigenvalue weighted by Gasteiger charge is 2.53. The van der Waals surface area contributed by atoms with Gasteiger partial charge in [0.15, 0.2) is 0 Å². The fourth-order valence-electron chi connectivity index (χ4n) is 3.25. The summed E-state index contributed by atoms with van der Waals surface area (Å²) in [5.41, 5.74) is -0.729. The highest BCUT2D eigenvalue weighted by atomic mass is 16.6. The van der Waals surface area contributed by atoms with Crippen LogP contribution in [-0.2, 0) is 0 Å². The lowest BCUT2D eigenvalue weighted by molar-refractivity contribution is -0.581. The Bertz CT molecular complexity index is 227. The third-order valence-electron chi connectivity index (χ3n) is 4.34. The van der Waals surface area contributed by atoms with Gasteiger partial charge in [-0.05, 0) is 32.2 Å². The molecule has 4 heteroatoms. The van der Waals surface area contributed by atoms with E-state index >= 15 is 0 Å². The number of hydrogen-bond acceptors (Lipinski definition) is 3. The lowest BCUT2D eigenvalue weighted by Crippen LogP contribution is -2.55. The zero-order valence-electron chi connectivity index (χ0n) is 9.37. The van der Waals surface area contributed by atoms with E-state index in [0.29, 0.717) is 0 Å². The van der Waals surface area contributed by atoms with Gasteiger partial charge in [-0.25, -0.2) is 0 Å². The maximum atomic E-state index is 11.4. The fourth-order valence-corrected chi connectivity index (χ4v) is 3.25. The average Bonchev–Trinajstić information content (AvgIpc) is 2.89. The van der Waals surface area contributed by atoms with Crippen molar-refractivity contribution < 1.29 is 4.92 Å². The second-order valence-electron chi connectivity index (χ2n) is 5.11. The highest BCUT2D eigenvalue weighted by molar-refractivity contribution is 4.98. The minimum atomic E-state index is -0.729. The first-order chi connectivity index (χ1) is 7.15. The fraction of sp³-hybridized carbons (Fsp3) is 1.00. The zero-order valence-corrected chi connectivity index (χ0v) is 9.37. The molecule has 15 heavy (non-hydrogen) atoms. The first kappa shape index (κ1) is 10.9. The van der Waals surface area contributed by atoms with Crippen molar-refractivity contribution in [2.24, 2.45) is 5.92 Å². The molecule has 86 valence electrons. The van der Waals surface area contributed by atoms with Crippen molar-refractivity contribution in [2.45, 2.75) is 57.0 Å². The normalized spacial score (nSPS) is 31.7. The Morgan fingerprint density at radius 2 is 1.93 bits per heavy atom. The Morgan fingerprint density at radius 1 is 1.27 bits per heavy atom. The summed E-state index contributed by atoms with van der Waals surface area (Å²) in [6.45, 7) is 2.80. The van der Waals surface area contributed by atoms with Crippen LogP contribution in [0, 0.1) is 16.0 Å². The van der Waals surface area contributed by atoms with Crippen LogP contribution in [0.3, 0.4) is 0 Å². The predicted octanol–water partition coefficient (Wildman–Crippen LogP) is 1.96. The van der Waals surface area contributed by atoms with E-state index in [4.69, 9.17) is 0 Å². The van der Waals surface area contributed by atoms with Crippen molar-refractivity contribution >= 4 is 0 Å².